The van der Waals surface area contributed by atoms with Gasteiger partial charge in [0.25, 0.3) is 5.69 Å². The summed E-state index contributed by atoms with van der Waals surface area (Å²) in [5.41, 5.74) is 2.11. The van der Waals surface area contributed by atoms with Crippen molar-refractivity contribution in [1.82, 2.24) is 9.80 Å². The predicted molar refractivity (Wildman–Crippen MR) is 123 cm³/mol. The molecule has 31 heavy (non-hydrogen) atoms. The Morgan fingerprint density at radius 1 is 0.774 bits per heavy atom. The molecule has 1 unspecified atom stereocenters. The number of rotatable bonds is 7. The van der Waals surface area contributed by atoms with Gasteiger partial charge in [0.2, 0.25) is 0 Å². The summed E-state index contributed by atoms with van der Waals surface area (Å²) in [5, 5.41) is 21.9. The van der Waals surface area contributed by atoms with Gasteiger partial charge in [-0.05, 0) is 18.2 Å². The fourth-order valence-corrected chi connectivity index (χ4v) is 4.54. The highest BCUT2D eigenvalue weighted by Crippen LogP contribution is 2.28. The molecule has 4 rings (SSSR count). The van der Waals surface area contributed by atoms with Crippen LogP contribution in [-0.4, -0.2) is 91.4 Å². The van der Waals surface area contributed by atoms with Crippen molar-refractivity contribution in [3.05, 3.63) is 64.7 Å². The first-order valence-corrected chi connectivity index (χ1v) is 11.0. The Balaban J connectivity index is 1.20. The van der Waals surface area contributed by atoms with Crippen LogP contribution in [0.4, 0.5) is 17.1 Å². The average Bonchev–Trinajstić information content (AvgIpc) is 2.80. The van der Waals surface area contributed by atoms with Crippen molar-refractivity contribution in [3.63, 3.8) is 0 Å². The van der Waals surface area contributed by atoms with Crippen LogP contribution < -0.4 is 9.80 Å². The molecule has 166 valence electrons. The Kier molecular flexibility index (Phi) is 7.01. The quantitative estimate of drug-likeness (QED) is 0.536. The van der Waals surface area contributed by atoms with E-state index in [4.69, 9.17) is 0 Å². The van der Waals surface area contributed by atoms with E-state index in [0.29, 0.717) is 18.8 Å². The van der Waals surface area contributed by atoms with Crippen LogP contribution in [0.3, 0.4) is 0 Å². The number of nitrogens with zero attached hydrogens (tertiary/aromatic N) is 5. The molecule has 0 radical (unpaired) electrons. The Hall–Kier alpha value is -2.68. The highest BCUT2D eigenvalue weighted by Gasteiger charge is 2.25. The lowest BCUT2D eigenvalue weighted by Gasteiger charge is -2.39. The lowest BCUT2D eigenvalue weighted by Crippen LogP contribution is -2.52. The molecule has 8 nitrogen and oxygen atoms in total. The van der Waals surface area contributed by atoms with Gasteiger partial charge >= 0.3 is 0 Å². The van der Waals surface area contributed by atoms with Crippen LogP contribution in [0.5, 0.6) is 0 Å². The second kappa shape index (κ2) is 10.1. The molecule has 0 aliphatic carbocycles. The van der Waals surface area contributed by atoms with Gasteiger partial charge in [0.1, 0.15) is 5.69 Å². The third-order valence-electron chi connectivity index (χ3n) is 6.22. The van der Waals surface area contributed by atoms with E-state index in [1.807, 2.05) is 18.2 Å². The highest BCUT2D eigenvalue weighted by atomic mass is 16.6. The summed E-state index contributed by atoms with van der Waals surface area (Å²) in [4.78, 5) is 20.0. The summed E-state index contributed by atoms with van der Waals surface area (Å²) < 4.78 is 0. The first kappa shape index (κ1) is 21.5. The zero-order chi connectivity index (χ0) is 21.6. The maximum atomic E-state index is 11.3. The van der Waals surface area contributed by atoms with Crippen LogP contribution in [0.1, 0.15) is 0 Å². The molecule has 2 saturated heterocycles. The molecule has 0 spiro atoms. The Morgan fingerprint density at radius 3 is 1.87 bits per heavy atom. The summed E-state index contributed by atoms with van der Waals surface area (Å²) in [6, 6.07) is 17.4. The molecule has 2 fully saturated rings. The number of nitro benzene ring substituents is 1. The average molecular weight is 426 g/mol. The predicted octanol–water partition coefficient (Wildman–Crippen LogP) is 1.90. The molecular weight excluding hydrogens is 394 g/mol. The van der Waals surface area contributed by atoms with Gasteiger partial charge in [-0.25, -0.2) is 0 Å². The largest absolute Gasteiger partial charge is 0.390 e. The van der Waals surface area contributed by atoms with Crippen LogP contribution >= 0.6 is 0 Å². The van der Waals surface area contributed by atoms with Gasteiger partial charge in [0, 0.05) is 77.2 Å². The first-order valence-electron chi connectivity index (χ1n) is 11.0. The second-order valence-electron chi connectivity index (χ2n) is 8.31. The molecule has 2 aliphatic heterocycles. The third kappa shape index (κ3) is 5.52. The van der Waals surface area contributed by atoms with Crippen LogP contribution in [-0.2, 0) is 0 Å². The lowest BCUT2D eigenvalue weighted by molar-refractivity contribution is -0.384. The monoisotopic (exact) mass is 425 g/mol. The summed E-state index contributed by atoms with van der Waals surface area (Å²) in [6.45, 7) is 8.25. The van der Waals surface area contributed by atoms with Gasteiger partial charge in [-0.2, -0.15) is 0 Å². The smallest absolute Gasteiger partial charge is 0.292 e. The molecular formula is C23H31N5O3. The van der Waals surface area contributed by atoms with Crippen molar-refractivity contribution in [3.8, 4) is 0 Å². The summed E-state index contributed by atoms with van der Waals surface area (Å²) in [6.07, 6.45) is -0.388. The van der Waals surface area contributed by atoms with E-state index in [9.17, 15) is 15.2 Å². The zero-order valence-corrected chi connectivity index (χ0v) is 17.8. The van der Waals surface area contributed by atoms with Crippen molar-refractivity contribution in [1.29, 1.82) is 0 Å². The van der Waals surface area contributed by atoms with Crippen molar-refractivity contribution in [2.45, 2.75) is 6.10 Å². The Morgan fingerprint density at radius 2 is 1.29 bits per heavy atom. The SMILES string of the molecule is O=[N+]([O-])c1ccccc1N1CCN(CC(O)CN2CCN(c3ccccc3)CC2)CC1. The standard InChI is InChI=1S/C23H31N5O3/c29-21(18-24-10-14-26(15-11-24)20-6-2-1-3-7-20)19-25-12-16-27(17-13-25)22-8-4-5-9-23(22)28(30)31/h1-9,21,29H,10-19H2. The maximum Gasteiger partial charge on any atom is 0.292 e. The first-order chi connectivity index (χ1) is 15.1. The molecule has 1 N–H and O–H groups in total. The van der Waals surface area contributed by atoms with Gasteiger partial charge in [0.15, 0.2) is 0 Å². The second-order valence-corrected chi connectivity index (χ2v) is 8.31. The molecule has 0 bridgehead atoms. The van der Waals surface area contributed by atoms with Gasteiger partial charge in [0.05, 0.1) is 11.0 Å². The number of aliphatic hydroxyl groups is 1. The number of benzene rings is 2. The molecule has 1 atom stereocenters. The van der Waals surface area contributed by atoms with Crippen molar-refractivity contribution in [2.75, 3.05) is 75.2 Å². The summed E-state index contributed by atoms with van der Waals surface area (Å²) in [5.74, 6) is 0. The minimum atomic E-state index is -0.388. The Bertz CT molecular complexity index is 849. The number of hydrogen-bond acceptors (Lipinski definition) is 7. The number of hydrogen-bond donors (Lipinski definition) is 1. The molecule has 2 aliphatic rings. The van der Waals surface area contributed by atoms with E-state index in [1.54, 1.807) is 12.1 Å². The van der Waals surface area contributed by atoms with Crippen molar-refractivity contribution in [2.24, 2.45) is 0 Å². The molecule has 2 heterocycles. The van der Waals surface area contributed by atoms with Gasteiger partial charge in [-0.15, -0.1) is 0 Å². The van der Waals surface area contributed by atoms with E-state index in [1.165, 1.54) is 5.69 Å². The van der Waals surface area contributed by atoms with E-state index in [2.05, 4.69) is 43.9 Å². The van der Waals surface area contributed by atoms with E-state index in [-0.39, 0.29) is 16.7 Å². The van der Waals surface area contributed by atoms with Crippen LogP contribution in [0.15, 0.2) is 54.6 Å². The fraction of sp³-hybridized carbons (Fsp3) is 0.478. The molecule has 0 amide bonds. The number of β-amino-alcohol motifs (C(OH)–C–C–N with tert-alkyl or cyclic N) is 1. The van der Waals surface area contributed by atoms with Gasteiger partial charge in [-0.3, -0.25) is 19.9 Å². The van der Waals surface area contributed by atoms with Crippen LogP contribution in [0.25, 0.3) is 0 Å². The number of para-hydroxylation sites is 3. The molecule has 8 heteroatoms. The van der Waals surface area contributed by atoms with Crippen LogP contribution in [0, 0.1) is 10.1 Å². The highest BCUT2D eigenvalue weighted by molar-refractivity contribution is 5.63. The summed E-state index contributed by atoms with van der Waals surface area (Å²) in [7, 11) is 0. The maximum absolute atomic E-state index is 11.3. The molecule has 0 saturated carbocycles. The number of aliphatic hydroxyl groups excluding tert-OH is 1. The lowest BCUT2D eigenvalue weighted by atomic mass is 10.2. The van der Waals surface area contributed by atoms with Gasteiger partial charge in [-0.1, -0.05) is 30.3 Å². The van der Waals surface area contributed by atoms with E-state index < -0.39 is 0 Å². The molecule has 2 aromatic rings. The molecule has 2 aromatic carbocycles. The van der Waals surface area contributed by atoms with E-state index in [0.717, 1.165) is 52.4 Å². The summed E-state index contributed by atoms with van der Waals surface area (Å²) >= 11 is 0. The normalized spacial score (nSPS) is 19.4. The van der Waals surface area contributed by atoms with Crippen molar-refractivity contribution < 1.29 is 10.0 Å². The third-order valence-corrected chi connectivity index (χ3v) is 6.22. The number of piperazine rings is 2. The topological polar surface area (TPSA) is 76.3 Å². The van der Waals surface area contributed by atoms with Crippen molar-refractivity contribution >= 4 is 17.1 Å². The number of nitro groups is 1. The minimum Gasteiger partial charge on any atom is -0.390 e. The Labute approximate surface area is 183 Å². The zero-order valence-electron chi connectivity index (χ0n) is 17.8. The number of anilines is 2. The fourth-order valence-electron chi connectivity index (χ4n) is 4.54. The minimum absolute atomic E-state index is 0.158. The van der Waals surface area contributed by atoms with Crippen LogP contribution in [0.2, 0.25) is 0 Å². The molecule has 0 aromatic heterocycles. The van der Waals surface area contributed by atoms with E-state index >= 15 is 0 Å². The van der Waals surface area contributed by atoms with Gasteiger partial charge < -0.3 is 14.9 Å².